The lowest BCUT2D eigenvalue weighted by Gasteiger charge is -2.42. The Kier molecular flexibility index (Phi) is 4.23. The summed E-state index contributed by atoms with van der Waals surface area (Å²) in [6, 6.07) is 1.88. The predicted octanol–water partition coefficient (Wildman–Crippen LogP) is 1.71. The van der Waals surface area contributed by atoms with Crippen molar-refractivity contribution in [1.29, 1.82) is 0 Å². The van der Waals surface area contributed by atoms with Gasteiger partial charge in [-0.25, -0.2) is 0 Å². The van der Waals surface area contributed by atoms with E-state index < -0.39 is 0 Å². The van der Waals surface area contributed by atoms with Gasteiger partial charge in [-0.3, -0.25) is 9.59 Å². The number of hydrogen-bond donors (Lipinski definition) is 0. The van der Waals surface area contributed by atoms with Crippen molar-refractivity contribution in [3.05, 3.63) is 22.4 Å². The van der Waals surface area contributed by atoms with Crippen LogP contribution in [0.2, 0.25) is 0 Å². The Morgan fingerprint density at radius 1 is 1.41 bits per heavy atom. The number of piperidine rings is 1. The van der Waals surface area contributed by atoms with E-state index in [1.165, 1.54) is 0 Å². The van der Waals surface area contributed by atoms with E-state index in [0.717, 1.165) is 31.6 Å². The molecule has 0 spiro atoms. The van der Waals surface area contributed by atoms with Gasteiger partial charge in [-0.05, 0) is 17.9 Å². The normalized spacial score (nSPS) is 27.8. The second kappa shape index (κ2) is 6.01. The summed E-state index contributed by atoms with van der Waals surface area (Å²) < 4.78 is 5.44. The lowest BCUT2D eigenvalue weighted by molar-refractivity contribution is -0.128. The van der Waals surface area contributed by atoms with Crippen LogP contribution in [0.25, 0.3) is 0 Å². The van der Waals surface area contributed by atoms with Gasteiger partial charge >= 0.3 is 0 Å². The smallest absolute Gasteiger partial charge is 0.254 e. The fourth-order valence-corrected chi connectivity index (χ4v) is 4.43. The van der Waals surface area contributed by atoms with Crippen LogP contribution >= 0.6 is 11.3 Å². The van der Waals surface area contributed by atoms with Crippen molar-refractivity contribution in [2.75, 3.05) is 39.9 Å². The van der Waals surface area contributed by atoms with Gasteiger partial charge in [0.2, 0.25) is 5.91 Å². The molecule has 2 aliphatic heterocycles. The lowest BCUT2D eigenvalue weighted by Crippen LogP contribution is -2.50. The van der Waals surface area contributed by atoms with Crippen molar-refractivity contribution in [3.8, 4) is 0 Å². The van der Waals surface area contributed by atoms with Crippen molar-refractivity contribution >= 4 is 23.2 Å². The highest BCUT2D eigenvalue weighted by Crippen LogP contribution is 2.43. The van der Waals surface area contributed by atoms with Gasteiger partial charge in [0, 0.05) is 56.9 Å². The standard InChI is InChI=1S/C16H22N2O3S/c1-12(19)18-8-14-7-17(15(20)13-3-6-22-9-13)5-4-16(14,10-18)11-21-2/h3,6,9,14H,4-5,7-8,10-11H2,1-2H3/t14-,16+/m1/s1. The summed E-state index contributed by atoms with van der Waals surface area (Å²) in [4.78, 5) is 28.1. The topological polar surface area (TPSA) is 49.9 Å². The van der Waals surface area contributed by atoms with Gasteiger partial charge in [-0.1, -0.05) is 0 Å². The highest BCUT2D eigenvalue weighted by Gasteiger charge is 2.50. The Morgan fingerprint density at radius 2 is 2.18 bits per heavy atom. The number of amides is 2. The Labute approximate surface area is 134 Å². The number of hydrogen-bond acceptors (Lipinski definition) is 4. The SMILES string of the molecule is COC[C@@]12CCN(C(=O)c3ccsc3)C[C@@H]1CN(C(C)=O)C2. The molecule has 1 aromatic heterocycles. The molecule has 0 aliphatic carbocycles. The van der Waals surface area contributed by atoms with E-state index in [1.807, 2.05) is 26.6 Å². The Balaban J connectivity index is 1.76. The second-order valence-corrected chi connectivity index (χ2v) is 7.19. The monoisotopic (exact) mass is 322 g/mol. The number of fused-ring (bicyclic) bond motifs is 1. The molecule has 5 nitrogen and oxygen atoms in total. The maximum atomic E-state index is 12.5. The lowest BCUT2D eigenvalue weighted by atomic mass is 9.73. The summed E-state index contributed by atoms with van der Waals surface area (Å²) in [7, 11) is 1.71. The predicted molar refractivity (Wildman–Crippen MR) is 84.9 cm³/mol. The minimum atomic E-state index is 0.00580. The van der Waals surface area contributed by atoms with Crippen LogP contribution in [0.1, 0.15) is 23.7 Å². The average molecular weight is 322 g/mol. The first-order valence-electron chi connectivity index (χ1n) is 7.62. The number of carbonyl (C=O) groups is 2. The minimum absolute atomic E-state index is 0.00580. The summed E-state index contributed by atoms with van der Waals surface area (Å²) >= 11 is 1.54. The van der Waals surface area contributed by atoms with Crippen molar-refractivity contribution in [1.82, 2.24) is 9.80 Å². The number of nitrogens with zero attached hydrogens (tertiary/aromatic N) is 2. The molecule has 2 amide bonds. The summed E-state index contributed by atoms with van der Waals surface area (Å²) in [5.74, 6) is 0.516. The number of likely N-dealkylation sites (tertiary alicyclic amines) is 2. The zero-order valence-corrected chi connectivity index (χ0v) is 13.9. The molecule has 0 bridgehead atoms. The van der Waals surface area contributed by atoms with Crippen LogP contribution < -0.4 is 0 Å². The molecule has 2 atom stereocenters. The number of carbonyl (C=O) groups excluding carboxylic acids is 2. The van der Waals surface area contributed by atoms with Crippen LogP contribution in [0.5, 0.6) is 0 Å². The Hall–Kier alpha value is -1.40. The van der Waals surface area contributed by atoms with Crippen LogP contribution in [0.15, 0.2) is 16.8 Å². The molecule has 0 saturated carbocycles. The van der Waals surface area contributed by atoms with Gasteiger partial charge in [-0.15, -0.1) is 0 Å². The third-order valence-electron chi connectivity index (χ3n) is 5.07. The van der Waals surface area contributed by atoms with Crippen LogP contribution in [0.3, 0.4) is 0 Å². The molecule has 0 unspecified atom stereocenters. The van der Waals surface area contributed by atoms with Gasteiger partial charge in [0.25, 0.3) is 5.91 Å². The molecular weight excluding hydrogens is 300 g/mol. The first-order valence-corrected chi connectivity index (χ1v) is 8.56. The van der Waals surface area contributed by atoms with E-state index >= 15 is 0 Å². The number of rotatable bonds is 3. The summed E-state index contributed by atoms with van der Waals surface area (Å²) in [6.07, 6.45) is 0.894. The van der Waals surface area contributed by atoms with Crippen molar-refractivity contribution in [3.63, 3.8) is 0 Å². The molecule has 6 heteroatoms. The zero-order chi connectivity index (χ0) is 15.7. The van der Waals surface area contributed by atoms with E-state index in [2.05, 4.69) is 0 Å². The molecule has 120 valence electrons. The van der Waals surface area contributed by atoms with E-state index in [4.69, 9.17) is 4.74 Å². The second-order valence-electron chi connectivity index (χ2n) is 6.41. The van der Waals surface area contributed by atoms with Gasteiger partial charge in [0.05, 0.1) is 12.2 Å². The zero-order valence-electron chi connectivity index (χ0n) is 13.1. The molecular formula is C16H22N2O3S. The van der Waals surface area contributed by atoms with Gasteiger partial charge < -0.3 is 14.5 Å². The number of methoxy groups -OCH3 is 1. The van der Waals surface area contributed by atoms with Crippen LogP contribution in [-0.2, 0) is 9.53 Å². The Morgan fingerprint density at radius 3 is 2.82 bits per heavy atom. The average Bonchev–Trinajstić information content (AvgIpc) is 3.13. The fourth-order valence-electron chi connectivity index (χ4n) is 3.80. The fraction of sp³-hybridized carbons (Fsp3) is 0.625. The molecule has 1 aromatic rings. The maximum absolute atomic E-state index is 12.5. The molecule has 0 radical (unpaired) electrons. The summed E-state index contributed by atoms with van der Waals surface area (Å²) in [5.41, 5.74) is 0.775. The van der Waals surface area contributed by atoms with E-state index in [0.29, 0.717) is 19.1 Å². The van der Waals surface area contributed by atoms with Crippen LogP contribution in [0, 0.1) is 11.3 Å². The first-order chi connectivity index (χ1) is 10.6. The van der Waals surface area contributed by atoms with Crippen LogP contribution in [0.4, 0.5) is 0 Å². The van der Waals surface area contributed by atoms with Gasteiger partial charge in [-0.2, -0.15) is 11.3 Å². The quantitative estimate of drug-likeness (QED) is 0.851. The third-order valence-corrected chi connectivity index (χ3v) is 5.75. The third kappa shape index (κ3) is 2.65. The van der Waals surface area contributed by atoms with E-state index in [1.54, 1.807) is 25.4 Å². The molecule has 2 fully saturated rings. The van der Waals surface area contributed by atoms with Crippen LogP contribution in [-0.4, -0.2) is 61.5 Å². The molecule has 0 aromatic carbocycles. The van der Waals surface area contributed by atoms with Crippen molar-refractivity contribution < 1.29 is 14.3 Å². The Bertz CT molecular complexity index is 560. The van der Waals surface area contributed by atoms with E-state index in [9.17, 15) is 9.59 Å². The highest BCUT2D eigenvalue weighted by atomic mass is 32.1. The van der Waals surface area contributed by atoms with E-state index in [-0.39, 0.29) is 17.2 Å². The minimum Gasteiger partial charge on any atom is -0.384 e. The molecule has 2 aliphatic rings. The number of thiophene rings is 1. The van der Waals surface area contributed by atoms with Gasteiger partial charge in [0.15, 0.2) is 0 Å². The molecule has 3 rings (SSSR count). The molecule has 3 heterocycles. The summed E-state index contributed by atoms with van der Waals surface area (Å²) in [6.45, 7) is 5.20. The summed E-state index contributed by atoms with van der Waals surface area (Å²) in [5, 5.41) is 3.83. The highest BCUT2D eigenvalue weighted by molar-refractivity contribution is 7.08. The van der Waals surface area contributed by atoms with Gasteiger partial charge in [0.1, 0.15) is 0 Å². The molecule has 2 saturated heterocycles. The number of ether oxygens (including phenoxy) is 1. The van der Waals surface area contributed by atoms with Crippen molar-refractivity contribution in [2.45, 2.75) is 13.3 Å². The molecule has 0 N–H and O–H groups in total. The van der Waals surface area contributed by atoms with Crippen molar-refractivity contribution in [2.24, 2.45) is 11.3 Å². The maximum Gasteiger partial charge on any atom is 0.254 e. The largest absolute Gasteiger partial charge is 0.384 e. The first kappa shape index (κ1) is 15.5. The molecule has 22 heavy (non-hydrogen) atoms.